The lowest BCUT2D eigenvalue weighted by Gasteiger charge is -2.20. The van der Waals surface area contributed by atoms with Gasteiger partial charge in [-0.15, -0.1) is 0 Å². The molecule has 1 aliphatic heterocycles. The van der Waals surface area contributed by atoms with Crippen molar-refractivity contribution in [2.24, 2.45) is 0 Å². The van der Waals surface area contributed by atoms with Crippen LogP contribution in [0.15, 0.2) is 152 Å². The van der Waals surface area contributed by atoms with E-state index in [9.17, 15) is 42.7 Å². The molecule has 0 N–H and O–H groups in total. The van der Waals surface area contributed by atoms with Crippen LogP contribution in [0, 0.1) is 5.82 Å². The maximum Gasteiger partial charge on any atom is 0.163 e. The van der Waals surface area contributed by atoms with Crippen molar-refractivity contribution >= 4 is 155 Å². The Morgan fingerprint density at radius 1 is 0.317 bits per heavy atom. The number of ether oxygens (including phenoxy) is 6. The molecule has 1 unspecified atom stereocenters. The molecular formula is C117H155FN10O14. The largest absolute Gasteiger partial charge is 0.496 e. The zero-order valence-electron chi connectivity index (χ0n) is 84.2. The van der Waals surface area contributed by atoms with E-state index in [1.54, 1.807) is 90.3 Å². The van der Waals surface area contributed by atoms with Crippen molar-refractivity contribution in [1.29, 1.82) is 0 Å². The number of Topliss-reactive ketones (excluding diaryl/α,β-unsaturated/α-hetero) is 8. The summed E-state index contributed by atoms with van der Waals surface area (Å²) in [6.07, 6.45) is 4.44. The number of aromatic nitrogens is 5. The second-order valence-electron chi connectivity index (χ2n) is 35.6. The number of aryl methyl sites for hydroxylation is 2. The van der Waals surface area contributed by atoms with Crippen LogP contribution >= 0.6 is 0 Å². The lowest BCUT2D eigenvalue weighted by atomic mass is 10.0. The molecule has 5 aromatic heterocycles. The third-order valence-electron chi connectivity index (χ3n) is 27.2. The van der Waals surface area contributed by atoms with Crippen molar-refractivity contribution in [3.8, 4) is 34.5 Å². The van der Waals surface area contributed by atoms with E-state index < -0.39 is 0 Å². The third-order valence-corrected chi connectivity index (χ3v) is 27.2. The van der Waals surface area contributed by atoms with E-state index in [1.807, 2.05) is 127 Å². The number of nitrogens with zero attached hydrogens (tertiary/aromatic N) is 10. The number of fused-ring (bicyclic) bond motifs is 15. The van der Waals surface area contributed by atoms with Crippen molar-refractivity contribution < 1.29 is 71.2 Å². The zero-order valence-corrected chi connectivity index (χ0v) is 84.2. The third kappa shape index (κ3) is 24.9. The average molecular weight is 1940 g/mol. The SMILES string of the molecule is C.C.C.C.C.CCN(CC)CCn1c2ccc(C(C)=O)cc2c2c(OC)cccc21.CCN(CC)CCn1c2ccc(C(C)=O)cc2c2cc(C(C)=O)c(OC)cc21.CCN(CC)CCn1c2ccc(F)cc2c2cc(C(C)=O)ccc21.COc1cc2c(cc1C(C)=O)c1cc(C(C)=O)c(OC)cc1n2CCC1CCCN1C.COc1cc2c(cc1C(C)=O)c1cc(C(C)=O)c(OC)cc1n2CCCN(C)C. The van der Waals surface area contributed by atoms with E-state index in [0.29, 0.717) is 73.7 Å². The lowest BCUT2D eigenvalue weighted by Crippen LogP contribution is -2.26. The molecule has 0 bridgehead atoms. The van der Waals surface area contributed by atoms with Crippen LogP contribution in [0.3, 0.4) is 0 Å². The van der Waals surface area contributed by atoms with Crippen LogP contribution in [-0.2, 0) is 32.7 Å². The standard InChI is InChI=1S/C25H30N2O4.C23H28N2O4.C23H28N2O3.C21H26N2O2.C20H23FN2O.5CH4/c1-15(28)18-11-20-21-12-19(16(2)29)25(31-5)14-23(21)27(22(20)13-24(18)30-4)10-8-17-7-6-9-26(17)3;1-14(26)16-10-18-19-11-17(15(2)27)23(29-6)13-21(19)25(9-7-8-24(3)4)20(18)12-22(16)28-5;1-6-24(7-2)10-11-25-21-9-8-17(15(3)26)12-19(21)20-13-18(16(4)27)23(28-5)14-22(20)25;1-5-22(6-2)12-13-23-18-11-10-16(15(3)24)14-17(18)21-19(23)8-7-9-20(21)25-4;1-4-22(5-2)10-11-23-19-8-6-15(14(3)24)12-17(19)18-13-16(21)7-9-20(18)23;;;;;/h11-14,17H,6-10H2,1-5H3;10-13H,7-9H2,1-6H3;8-9,12-14H,6-7,10-11H2,1-5H3;7-11,14H,5-6,12-13H2,1-4H3;6-9,12-13H,4-5,10-11H2,1-3H3;5*1H4. The molecule has 25 heteroatoms. The van der Waals surface area contributed by atoms with Crippen LogP contribution in [0.2, 0.25) is 0 Å². The van der Waals surface area contributed by atoms with Gasteiger partial charge < -0.3 is 75.8 Å². The highest BCUT2D eigenvalue weighted by molar-refractivity contribution is 6.19. The zero-order chi connectivity index (χ0) is 99.2. The van der Waals surface area contributed by atoms with E-state index >= 15 is 0 Å². The first-order valence-corrected chi connectivity index (χ1v) is 47.7. The van der Waals surface area contributed by atoms with Gasteiger partial charge in [0.05, 0.1) is 104 Å². The summed E-state index contributed by atoms with van der Waals surface area (Å²) in [6, 6.07) is 48.2. The Bertz CT molecular complexity index is 6900. The van der Waals surface area contributed by atoms with Gasteiger partial charge >= 0.3 is 0 Å². The summed E-state index contributed by atoms with van der Waals surface area (Å²) in [5.41, 5.74) is 15.2. The summed E-state index contributed by atoms with van der Waals surface area (Å²) in [5.74, 6) is 3.33. The van der Waals surface area contributed by atoms with Crippen molar-refractivity contribution in [2.75, 3.05) is 136 Å². The quantitative estimate of drug-likeness (QED) is 0.0332. The molecule has 1 saturated heterocycles. The Morgan fingerprint density at radius 2 is 0.599 bits per heavy atom. The number of benzene rings is 10. The Kier molecular flexibility index (Phi) is 42.2. The fourth-order valence-corrected chi connectivity index (χ4v) is 19.4. The Balaban J connectivity index is 0.000000240. The fourth-order valence-electron chi connectivity index (χ4n) is 19.4. The van der Waals surface area contributed by atoms with Gasteiger partial charge in [-0.1, -0.05) is 84.7 Å². The smallest absolute Gasteiger partial charge is 0.163 e. The molecule has 0 radical (unpaired) electrons. The van der Waals surface area contributed by atoms with Gasteiger partial charge in [-0.2, -0.15) is 0 Å². The van der Waals surface area contributed by atoms with Gasteiger partial charge in [0.15, 0.2) is 46.3 Å². The number of ketones is 8. The van der Waals surface area contributed by atoms with Crippen LogP contribution in [0.5, 0.6) is 34.5 Å². The van der Waals surface area contributed by atoms with Gasteiger partial charge in [-0.3, -0.25) is 38.4 Å². The maximum atomic E-state index is 13.8. The molecule has 1 atom stereocenters. The van der Waals surface area contributed by atoms with Crippen molar-refractivity contribution in [1.82, 2.24) is 47.3 Å². The average Bonchev–Trinajstić information content (AvgIpc) is 1.59. The van der Waals surface area contributed by atoms with E-state index in [0.717, 1.165) is 238 Å². The van der Waals surface area contributed by atoms with Gasteiger partial charge in [0, 0.05) is 181 Å². The predicted octanol–water partition coefficient (Wildman–Crippen LogP) is 25.4. The number of halogens is 1. The number of carbonyl (C=O) groups excluding carboxylic acids is 8. The molecule has 764 valence electrons. The molecule has 1 aliphatic rings. The van der Waals surface area contributed by atoms with Gasteiger partial charge in [0.25, 0.3) is 0 Å². The maximum absolute atomic E-state index is 13.8. The molecule has 1 fully saturated rings. The lowest BCUT2D eigenvalue weighted by molar-refractivity contribution is 0.100. The minimum Gasteiger partial charge on any atom is -0.496 e. The van der Waals surface area contributed by atoms with Crippen molar-refractivity contribution in [3.63, 3.8) is 0 Å². The van der Waals surface area contributed by atoms with Crippen LogP contribution < -0.4 is 28.4 Å². The highest BCUT2D eigenvalue weighted by atomic mass is 19.1. The monoisotopic (exact) mass is 1940 g/mol. The first-order chi connectivity index (χ1) is 65.7. The van der Waals surface area contributed by atoms with E-state index in [1.165, 1.54) is 32.8 Å². The van der Waals surface area contributed by atoms with Crippen LogP contribution in [0.25, 0.3) is 109 Å². The van der Waals surface area contributed by atoms with Gasteiger partial charge in [-0.05, 0) is 270 Å². The van der Waals surface area contributed by atoms with Crippen LogP contribution in [-0.4, -0.2) is 235 Å². The summed E-state index contributed by atoms with van der Waals surface area (Å²) in [5, 5.41) is 9.71. The summed E-state index contributed by atoms with van der Waals surface area (Å²) < 4.78 is 58.3. The summed E-state index contributed by atoms with van der Waals surface area (Å²) in [4.78, 5) is 108. The fraction of sp³-hybridized carbons (Fsp3) is 0.419. The topological polar surface area (TPSA) is 233 Å². The number of hydrogen-bond acceptors (Lipinski definition) is 19. The second-order valence-corrected chi connectivity index (χ2v) is 35.6. The highest BCUT2D eigenvalue weighted by Gasteiger charge is 2.28. The Hall–Kier alpha value is -12.9. The van der Waals surface area contributed by atoms with Gasteiger partial charge in [0.2, 0.25) is 0 Å². The van der Waals surface area contributed by atoms with Crippen molar-refractivity contribution in [2.45, 2.75) is 199 Å². The molecule has 6 heterocycles. The molecule has 0 saturated carbocycles. The van der Waals surface area contributed by atoms with Gasteiger partial charge in [0.1, 0.15) is 40.3 Å². The molecule has 0 amide bonds. The first-order valence-electron chi connectivity index (χ1n) is 47.7. The number of methoxy groups -OCH3 is 6. The number of hydrogen-bond donors (Lipinski definition) is 0. The van der Waals surface area contributed by atoms with Crippen LogP contribution in [0.1, 0.15) is 243 Å². The number of rotatable bonds is 36. The minimum absolute atomic E-state index is 0. The molecule has 16 rings (SSSR count). The first kappa shape index (κ1) is 116. The second kappa shape index (κ2) is 51.7. The minimum atomic E-state index is -0.251. The Labute approximate surface area is 839 Å². The molecule has 0 aliphatic carbocycles. The number of likely N-dealkylation sites (N-methyl/N-ethyl adjacent to an activating group) is 3. The van der Waals surface area contributed by atoms with E-state index in [2.05, 4.69) is 122 Å². The number of likely N-dealkylation sites (tertiary alicyclic amines) is 1. The highest BCUT2D eigenvalue weighted by Crippen LogP contribution is 2.43. The molecule has 24 nitrogen and oxygen atoms in total. The number of carbonyl (C=O) groups is 8. The molecular weight excluding hydrogens is 1790 g/mol. The molecule has 0 spiro atoms. The summed E-state index contributed by atoms with van der Waals surface area (Å²) in [7, 11) is 15.9. The Morgan fingerprint density at radius 3 is 0.894 bits per heavy atom. The molecule has 15 aromatic rings. The van der Waals surface area contributed by atoms with Gasteiger partial charge in [-0.25, -0.2) is 4.39 Å². The van der Waals surface area contributed by atoms with E-state index in [-0.39, 0.29) is 89.2 Å². The predicted molar refractivity (Wildman–Crippen MR) is 587 cm³/mol. The molecule has 142 heavy (non-hydrogen) atoms. The van der Waals surface area contributed by atoms with E-state index in [4.69, 9.17) is 28.4 Å². The summed E-state index contributed by atoms with van der Waals surface area (Å²) >= 11 is 0. The summed E-state index contributed by atoms with van der Waals surface area (Å²) in [6.45, 7) is 40.7. The molecule has 10 aromatic carbocycles. The van der Waals surface area contributed by atoms with Crippen LogP contribution in [0.4, 0.5) is 4.39 Å². The normalized spacial score (nSPS) is 12.3. The van der Waals surface area contributed by atoms with Crippen molar-refractivity contribution in [3.05, 3.63) is 202 Å².